The molecule has 1 unspecified atom stereocenters. The van der Waals surface area contributed by atoms with E-state index in [9.17, 15) is 4.39 Å². The van der Waals surface area contributed by atoms with E-state index in [1.54, 1.807) is 24.0 Å². The van der Waals surface area contributed by atoms with Crippen molar-refractivity contribution >= 4 is 18.0 Å². The van der Waals surface area contributed by atoms with Crippen LogP contribution in [0.1, 0.15) is 44.5 Å². The van der Waals surface area contributed by atoms with Crippen LogP contribution < -0.4 is 5.32 Å². The summed E-state index contributed by atoms with van der Waals surface area (Å²) in [6, 6.07) is 2.99. The van der Waals surface area contributed by atoms with Crippen LogP contribution in [0.25, 0.3) is 0 Å². The molecule has 27 heavy (non-hydrogen) atoms. The summed E-state index contributed by atoms with van der Waals surface area (Å²) < 4.78 is 14.0. The van der Waals surface area contributed by atoms with E-state index < -0.39 is 0 Å². The van der Waals surface area contributed by atoms with E-state index in [0.717, 1.165) is 35.6 Å². The molecule has 5 heteroatoms. The number of pyridine rings is 1. The molecule has 1 aromatic rings. The number of hydrogen-bond donors (Lipinski definition) is 1. The summed E-state index contributed by atoms with van der Waals surface area (Å²) in [7, 11) is 0. The van der Waals surface area contributed by atoms with Gasteiger partial charge in [-0.2, -0.15) is 0 Å². The average molecular weight is 388 g/mol. The smallest absolute Gasteiger partial charge is 0.146 e. The number of allylic oxidation sites excluding steroid dienone is 4. The maximum absolute atomic E-state index is 14.0. The second-order valence-electron chi connectivity index (χ2n) is 6.22. The number of thioether (sulfide) groups is 1. The first kappa shape index (κ1) is 22.9. The molecule has 1 aromatic heterocycles. The van der Waals surface area contributed by atoms with Crippen LogP contribution in [0.5, 0.6) is 0 Å². The monoisotopic (exact) mass is 387 g/mol. The zero-order valence-electron chi connectivity index (χ0n) is 16.4. The third-order valence-electron chi connectivity index (χ3n) is 3.83. The molecule has 0 spiro atoms. The molecule has 1 N–H and O–H groups in total. The van der Waals surface area contributed by atoms with E-state index in [1.165, 1.54) is 12.3 Å². The Morgan fingerprint density at radius 1 is 1.41 bits per heavy atom. The Balaban J connectivity index is 2.51. The number of rotatable bonds is 13. The molecular weight excluding hydrogens is 357 g/mol. The number of aromatic nitrogens is 1. The van der Waals surface area contributed by atoms with Crippen LogP contribution in [0.15, 0.2) is 65.8 Å². The lowest BCUT2D eigenvalue weighted by Crippen LogP contribution is -2.16. The van der Waals surface area contributed by atoms with Gasteiger partial charge in [-0.3, -0.25) is 4.99 Å². The van der Waals surface area contributed by atoms with E-state index in [2.05, 4.69) is 54.1 Å². The molecule has 0 saturated carbocycles. The summed E-state index contributed by atoms with van der Waals surface area (Å²) in [6.07, 6.45) is 10.3. The summed E-state index contributed by atoms with van der Waals surface area (Å²) in [5.74, 6) is 1.13. The van der Waals surface area contributed by atoms with E-state index in [4.69, 9.17) is 0 Å². The lowest BCUT2D eigenvalue weighted by molar-refractivity contribution is 0.563. The molecule has 146 valence electrons. The van der Waals surface area contributed by atoms with Gasteiger partial charge in [-0.05, 0) is 49.1 Å². The summed E-state index contributed by atoms with van der Waals surface area (Å²) in [6.45, 7) is 16.0. The maximum Gasteiger partial charge on any atom is 0.146 e. The van der Waals surface area contributed by atoms with Crippen molar-refractivity contribution in [3.05, 3.63) is 78.0 Å². The first-order valence-corrected chi connectivity index (χ1v) is 10.1. The second-order valence-corrected chi connectivity index (χ2v) is 7.62. The Bertz CT molecular complexity index is 695. The average Bonchev–Trinajstić information content (AvgIpc) is 2.64. The van der Waals surface area contributed by atoms with Crippen LogP contribution in [0.3, 0.4) is 0 Å². The molecule has 0 fully saturated rings. The highest BCUT2D eigenvalue weighted by Gasteiger charge is 2.08. The third-order valence-corrected chi connectivity index (χ3v) is 4.77. The summed E-state index contributed by atoms with van der Waals surface area (Å²) in [5.41, 5.74) is 1.83. The molecule has 1 rings (SSSR count). The highest BCUT2D eigenvalue weighted by atomic mass is 32.2. The van der Waals surface area contributed by atoms with E-state index in [0.29, 0.717) is 23.9 Å². The van der Waals surface area contributed by atoms with Crippen molar-refractivity contribution in [2.45, 2.75) is 39.7 Å². The number of nitrogens with one attached hydrogen (secondary N) is 1. The van der Waals surface area contributed by atoms with Crippen LogP contribution >= 0.6 is 11.8 Å². The number of halogens is 1. The molecule has 0 bridgehead atoms. The van der Waals surface area contributed by atoms with Gasteiger partial charge in [0.05, 0.1) is 24.1 Å². The Labute approximate surface area is 167 Å². The Morgan fingerprint density at radius 2 is 2.19 bits per heavy atom. The van der Waals surface area contributed by atoms with Crippen molar-refractivity contribution in [3.63, 3.8) is 0 Å². The summed E-state index contributed by atoms with van der Waals surface area (Å²) in [5, 5.41) is 3.19. The van der Waals surface area contributed by atoms with Gasteiger partial charge in [0.1, 0.15) is 5.82 Å². The van der Waals surface area contributed by atoms with Crippen LogP contribution in [0, 0.1) is 11.7 Å². The minimum atomic E-state index is -0.340. The van der Waals surface area contributed by atoms with Crippen LogP contribution in [0.2, 0.25) is 0 Å². The SMILES string of the molecule is C=C/N=C/c1ccc(F)c(CNC(=C)CC(/C=C/CCSC(=C)C)CC)n1. The predicted octanol–water partition coefficient (Wildman–Crippen LogP) is 6.02. The van der Waals surface area contributed by atoms with Crippen molar-refractivity contribution in [1.29, 1.82) is 0 Å². The second kappa shape index (κ2) is 13.1. The first-order chi connectivity index (χ1) is 13.0. The Hall–Kier alpha value is -2.14. The standard InChI is InChI=1S/C22H30FN3S/c1-6-19(10-8-9-13-27-17(3)4)14-18(5)25-16-22-21(23)12-11-20(26-22)15-24-7-2/h7-8,10-12,15,19,25H,2-3,5-6,9,13-14,16H2,1,4H3/b10-8+,24-15+. The molecule has 0 aliphatic carbocycles. The van der Waals surface area contributed by atoms with E-state index in [1.807, 2.05) is 6.92 Å². The molecule has 0 amide bonds. The van der Waals surface area contributed by atoms with Crippen LogP contribution in [-0.4, -0.2) is 17.0 Å². The van der Waals surface area contributed by atoms with Gasteiger partial charge in [-0.15, -0.1) is 11.8 Å². The fourth-order valence-electron chi connectivity index (χ4n) is 2.36. The molecule has 1 heterocycles. The highest BCUT2D eigenvalue weighted by Crippen LogP contribution is 2.17. The zero-order valence-corrected chi connectivity index (χ0v) is 17.2. The first-order valence-electron chi connectivity index (χ1n) is 9.12. The van der Waals surface area contributed by atoms with Crippen molar-refractivity contribution in [1.82, 2.24) is 10.3 Å². The third kappa shape index (κ3) is 9.94. The van der Waals surface area contributed by atoms with Gasteiger partial charge >= 0.3 is 0 Å². The van der Waals surface area contributed by atoms with Crippen molar-refractivity contribution in [2.24, 2.45) is 10.9 Å². The molecule has 0 aliphatic heterocycles. The number of aliphatic imine (C=N–C) groups is 1. The van der Waals surface area contributed by atoms with E-state index >= 15 is 0 Å². The zero-order chi connectivity index (χ0) is 20.1. The minimum Gasteiger partial charge on any atom is -0.383 e. The van der Waals surface area contributed by atoms with Gasteiger partial charge in [-0.25, -0.2) is 9.37 Å². The van der Waals surface area contributed by atoms with Gasteiger partial charge in [0.2, 0.25) is 0 Å². The largest absolute Gasteiger partial charge is 0.383 e. The van der Waals surface area contributed by atoms with Crippen molar-refractivity contribution in [2.75, 3.05) is 5.75 Å². The molecular formula is C22H30FN3S. The Morgan fingerprint density at radius 3 is 2.85 bits per heavy atom. The fraction of sp³-hybridized carbons (Fsp3) is 0.364. The lowest BCUT2D eigenvalue weighted by Gasteiger charge is -2.15. The topological polar surface area (TPSA) is 37.3 Å². The maximum atomic E-state index is 14.0. The number of nitrogens with zero attached hydrogens (tertiary/aromatic N) is 2. The van der Waals surface area contributed by atoms with E-state index in [-0.39, 0.29) is 5.82 Å². The van der Waals surface area contributed by atoms with Crippen LogP contribution in [-0.2, 0) is 6.54 Å². The lowest BCUT2D eigenvalue weighted by atomic mass is 10.00. The highest BCUT2D eigenvalue weighted by molar-refractivity contribution is 8.03. The normalized spacial score (nSPS) is 12.4. The molecule has 0 aromatic carbocycles. The summed E-state index contributed by atoms with van der Waals surface area (Å²) >= 11 is 1.78. The van der Waals surface area contributed by atoms with Gasteiger partial charge in [0.25, 0.3) is 0 Å². The van der Waals surface area contributed by atoms with Crippen molar-refractivity contribution < 1.29 is 4.39 Å². The van der Waals surface area contributed by atoms with Gasteiger partial charge < -0.3 is 5.32 Å². The van der Waals surface area contributed by atoms with Gasteiger partial charge in [0, 0.05) is 17.6 Å². The number of hydrogen-bond acceptors (Lipinski definition) is 4. The van der Waals surface area contributed by atoms with Gasteiger partial charge in [-0.1, -0.05) is 38.8 Å². The quantitative estimate of drug-likeness (QED) is 0.256. The Kier molecular flexibility index (Phi) is 11.1. The fourth-order valence-corrected chi connectivity index (χ4v) is 2.96. The molecule has 1 atom stereocenters. The predicted molar refractivity (Wildman–Crippen MR) is 117 cm³/mol. The molecule has 0 aliphatic rings. The molecule has 0 saturated heterocycles. The van der Waals surface area contributed by atoms with Gasteiger partial charge in [0.15, 0.2) is 0 Å². The molecule has 0 radical (unpaired) electrons. The molecule has 3 nitrogen and oxygen atoms in total. The van der Waals surface area contributed by atoms with Crippen LogP contribution in [0.4, 0.5) is 4.39 Å². The summed E-state index contributed by atoms with van der Waals surface area (Å²) in [4.78, 5) is 9.32. The minimum absolute atomic E-state index is 0.301. The van der Waals surface area contributed by atoms with Crippen molar-refractivity contribution in [3.8, 4) is 0 Å².